The van der Waals surface area contributed by atoms with Gasteiger partial charge in [-0.1, -0.05) is 46.1 Å². The first kappa shape index (κ1) is 16.4. The summed E-state index contributed by atoms with van der Waals surface area (Å²) in [5.74, 6) is 1.46. The van der Waals surface area contributed by atoms with Crippen molar-refractivity contribution in [1.82, 2.24) is 9.55 Å². The van der Waals surface area contributed by atoms with Crippen molar-refractivity contribution in [2.24, 2.45) is 5.41 Å². The van der Waals surface area contributed by atoms with E-state index in [4.69, 9.17) is 16.6 Å². The molecule has 0 spiro atoms. The van der Waals surface area contributed by atoms with Crippen LogP contribution in [0.5, 0.6) is 0 Å². The number of nitrogens with zero attached hydrogens (tertiary/aromatic N) is 2. The smallest absolute Gasteiger partial charge is 0.124 e. The van der Waals surface area contributed by atoms with Crippen molar-refractivity contribution < 1.29 is 0 Å². The molecule has 0 fully saturated rings. The van der Waals surface area contributed by atoms with E-state index in [0.717, 1.165) is 17.9 Å². The third-order valence-electron chi connectivity index (χ3n) is 4.15. The van der Waals surface area contributed by atoms with E-state index in [1.165, 1.54) is 36.8 Å². The fourth-order valence-electron chi connectivity index (χ4n) is 2.93. The van der Waals surface area contributed by atoms with E-state index >= 15 is 0 Å². The Balaban J connectivity index is 2.27. The molecule has 0 aliphatic carbocycles. The summed E-state index contributed by atoms with van der Waals surface area (Å²) in [5, 5.41) is 0. The van der Waals surface area contributed by atoms with Gasteiger partial charge in [0.2, 0.25) is 0 Å². The first-order valence-electron chi connectivity index (χ1n) is 7.98. The van der Waals surface area contributed by atoms with Crippen molar-refractivity contribution in [1.29, 1.82) is 0 Å². The Bertz CT molecular complexity index is 599. The topological polar surface area (TPSA) is 17.8 Å². The summed E-state index contributed by atoms with van der Waals surface area (Å²) in [5.41, 5.74) is 3.79. The van der Waals surface area contributed by atoms with E-state index in [2.05, 4.69) is 50.5 Å². The highest BCUT2D eigenvalue weighted by molar-refractivity contribution is 6.16. The van der Waals surface area contributed by atoms with Gasteiger partial charge in [0.05, 0.1) is 16.9 Å². The molecule has 1 aromatic heterocycles. The van der Waals surface area contributed by atoms with Gasteiger partial charge in [-0.05, 0) is 36.5 Å². The zero-order chi connectivity index (χ0) is 15.5. The normalized spacial score (nSPS) is 12.2. The van der Waals surface area contributed by atoms with Gasteiger partial charge in [-0.3, -0.25) is 0 Å². The third kappa shape index (κ3) is 4.00. The minimum absolute atomic E-state index is 0.272. The van der Waals surface area contributed by atoms with Crippen LogP contribution in [0.15, 0.2) is 18.2 Å². The maximum Gasteiger partial charge on any atom is 0.124 e. The van der Waals surface area contributed by atoms with E-state index in [1.54, 1.807) is 0 Å². The van der Waals surface area contributed by atoms with Gasteiger partial charge in [0.1, 0.15) is 5.82 Å². The van der Waals surface area contributed by atoms with Crippen molar-refractivity contribution >= 4 is 22.6 Å². The number of aromatic nitrogens is 2. The molecule has 0 N–H and O–H groups in total. The Kier molecular flexibility index (Phi) is 5.32. The lowest BCUT2D eigenvalue weighted by Gasteiger charge is -2.26. The Labute approximate surface area is 133 Å². The summed E-state index contributed by atoms with van der Waals surface area (Å²) in [6.07, 6.45) is 5.13. The summed E-state index contributed by atoms with van der Waals surface area (Å²) in [6, 6.07) is 6.48. The summed E-state index contributed by atoms with van der Waals surface area (Å²) in [6.45, 7) is 10.0. The predicted molar refractivity (Wildman–Crippen MR) is 92.0 cm³/mol. The number of aryl methyl sites for hydroxylation is 1. The van der Waals surface area contributed by atoms with Crippen LogP contribution >= 0.6 is 11.6 Å². The number of alkyl halides is 1. The molecule has 0 saturated carbocycles. The van der Waals surface area contributed by atoms with Crippen molar-refractivity contribution in [2.45, 2.75) is 65.8 Å². The summed E-state index contributed by atoms with van der Waals surface area (Å²) in [7, 11) is 0. The molecule has 1 aromatic carbocycles. The minimum atomic E-state index is 0.272. The fourth-order valence-corrected chi connectivity index (χ4v) is 3.13. The molecule has 1 heterocycles. The molecule has 0 aliphatic heterocycles. The Morgan fingerprint density at radius 3 is 2.67 bits per heavy atom. The molecule has 0 saturated heterocycles. The van der Waals surface area contributed by atoms with Crippen molar-refractivity contribution in [3.05, 3.63) is 29.6 Å². The lowest BCUT2D eigenvalue weighted by molar-refractivity contribution is 0.272. The van der Waals surface area contributed by atoms with E-state index in [0.29, 0.717) is 5.88 Å². The van der Waals surface area contributed by atoms with E-state index in [-0.39, 0.29) is 5.41 Å². The minimum Gasteiger partial charge on any atom is -0.326 e. The second kappa shape index (κ2) is 6.83. The largest absolute Gasteiger partial charge is 0.326 e. The number of benzene rings is 1. The fraction of sp³-hybridized carbons (Fsp3) is 0.611. The molecule has 2 rings (SSSR count). The Morgan fingerprint density at radius 1 is 1.24 bits per heavy atom. The molecule has 21 heavy (non-hydrogen) atoms. The van der Waals surface area contributed by atoms with Crippen molar-refractivity contribution in [2.75, 3.05) is 0 Å². The lowest BCUT2D eigenvalue weighted by Crippen LogP contribution is -2.21. The molecule has 116 valence electrons. The first-order chi connectivity index (χ1) is 9.96. The summed E-state index contributed by atoms with van der Waals surface area (Å²) >= 11 is 6.12. The average molecular weight is 307 g/mol. The molecule has 0 amide bonds. The average Bonchev–Trinajstić information content (AvgIpc) is 2.75. The third-order valence-corrected chi connectivity index (χ3v) is 4.38. The molecule has 0 atom stereocenters. The van der Waals surface area contributed by atoms with E-state index in [9.17, 15) is 0 Å². The van der Waals surface area contributed by atoms with Crippen LogP contribution in [0.2, 0.25) is 0 Å². The van der Waals surface area contributed by atoms with Gasteiger partial charge < -0.3 is 4.57 Å². The van der Waals surface area contributed by atoms with Crippen LogP contribution in [-0.2, 0) is 12.4 Å². The SMILES string of the molecule is CCCCCC(C)(C)Cn1c(CCl)nc2cc(C)ccc21. The number of fused-ring (bicyclic) bond motifs is 1. The molecule has 2 nitrogen and oxygen atoms in total. The van der Waals surface area contributed by atoms with Gasteiger partial charge in [-0.25, -0.2) is 4.98 Å². The van der Waals surface area contributed by atoms with E-state index < -0.39 is 0 Å². The highest BCUT2D eigenvalue weighted by atomic mass is 35.5. The lowest BCUT2D eigenvalue weighted by atomic mass is 9.86. The Morgan fingerprint density at radius 2 is 2.00 bits per heavy atom. The van der Waals surface area contributed by atoms with Crippen LogP contribution in [-0.4, -0.2) is 9.55 Å². The highest BCUT2D eigenvalue weighted by Gasteiger charge is 2.21. The summed E-state index contributed by atoms with van der Waals surface area (Å²) < 4.78 is 2.31. The van der Waals surface area contributed by atoms with Crippen LogP contribution in [0, 0.1) is 12.3 Å². The number of imidazole rings is 1. The maximum absolute atomic E-state index is 6.12. The van der Waals surface area contributed by atoms with E-state index in [1.807, 2.05) is 0 Å². The molecule has 0 radical (unpaired) electrons. The van der Waals surface area contributed by atoms with Crippen molar-refractivity contribution in [3.63, 3.8) is 0 Å². The zero-order valence-corrected chi connectivity index (χ0v) is 14.5. The second-order valence-corrected chi connectivity index (χ2v) is 7.13. The standard InChI is InChI=1S/C18H27ClN2/c1-5-6-7-10-18(3,4)13-21-16-9-8-14(2)11-15(16)20-17(21)12-19/h8-9,11H,5-7,10,12-13H2,1-4H3. The predicted octanol–water partition coefficient (Wildman–Crippen LogP) is 5.69. The maximum atomic E-state index is 6.12. The molecule has 0 unspecified atom stereocenters. The Hall–Kier alpha value is -1.02. The van der Waals surface area contributed by atoms with Gasteiger partial charge >= 0.3 is 0 Å². The second-order valence-electron chi connectivity index (χ2n) is 6.86. The number of rotatable bonds is 7. The number of hydrogen-bond donors (Lipinski definition) is 0. The monoisotopic (exact) mass is 306 g/mol. The van der Waals surface area contributed by atoms with Crippen LogP contribution in [0.1, 0.15) is 57.8 Å². The molecule has 2 aromatic rings. The van der Waals surface area contributed by atoms with Crippen LogP contribution in [0.25, 0.3) is 11.0 Å². The molecule has 0 aliphatic rings. The van der Waals surface area contributed by atoms with Crippen LogP contribution in [0.4, 0.5) is 0 Å². The van der Waals surface area contributed by atoms with Gasteiger partial charge in [0, 0.05) is 6.54 Å². The van der Waals surface area contributed by atoms with Crippen LogP contribution < -0.4 is 0 Å². The number of halogens is 1. The zero-order valence-electron chi connectivity index (χ0n) is 13.7. The van der Waals surface area contributed by atoms with Crippen LogP contribution in [0.3, 0.4) is 0 Å². The first-order valence-corrected chi connectivity index (χ1v) is 8.52. The van der Waals surface area contributed by atoms with Crippen molar-refractivity contribution in [3.8, 4) is 0 Å². The van der Waals surface area contributed by atoms with Gasteiger partial charge in [-0.2, -0.15) is 0 Å². The molecule has 0 bridgehead atoms. The molecular weight excluding hydrogens is 280 g/mol. The number of unbranched alkanes of at least 4 members (excludes halogenated alkanes) is 2. The molecule has 3 heteroatoms. The quantitative estimate of drug-likeness (QED) is 0.474. The highest BCUT2D eigenvalue weighted by Crippen LogP contribution is 2.29. The van der Waals surface area contributed by atoms with Gasteiger partial charge in [0.25, 0.3) is 0 Å². The van der Waals surface area contributed by atoms with Gasteiger partial charge in [0.15, 0.2) is 0 Å². The van der Waals surface area contributed by atoms with Gasteiger partial charge in [-0.15, -0.1) is 11.6 Å². The molecular formula is C18H27ClN2. The number of hydrogen-bond acceptors (Lipinski definition) is 1. The summed E-state index contributed by atoms with van der Waals surface area (Å²) in [4.78, 5) is 4.70.